The molecule has 0 fully saturated rings. The highest BCUT2D eigenvalue weighted by molar-refractivity contribution is 5.93. The Labute approximate surface area is 123 Å². The predicted octanol–water partition coefficient (Wildman–Crippen LogP) is 2.37. The molecule has 0 saturated heterocycles. The number of methoxy groups -OCH3 is 1. The SMILES string of the molecule is CCCNC(=O)c1cnc(Nc2ccccc2OC)nc1. The molecule has 6 heteroatoms. The van der Waals surface area contributed by atoms with Gasteiger partial charge in [-0.2, -0.15) is 0 Å². The Hall–Kier alpha value is -2.63. The van der Waals surface area contributed by atoms with Crippen molar-refractivity contribution in [3.63, 3.8) is 0 Å². The normalized spacial score (nSPS) is 10.0. The molecular formula is C15H18N4O2. The number of carbonyl (C=O) groups excluding carboxylic acids is 1. The molecule has 0 radical (unpaired) electrons. The molecule has 2 aromatic rings. The monoisotopic (exact) mass is 286 g/mol. The van der Waals surface area contributed by atoms with Gasteiger partial charge in [-0.3, -0.25) is 4.79 Å². The van der Waals surface area contributed by atoms with Gasteiger partial charge in [-0.25, -0.2) is 9.97 Å². The third-order valence-electron chi connectivity index (χ3n) is 2.80. The summed E-state index contributed by atoms with van der Waals surface area (Å²) in [5.41, 5.74) is 1.21. The predicted molar refractivity (Wildman–Crippen MR) is 80.9 cm³/mol. The Balaban J connectivity index is 2.07. The molecule has 2 rings (SSSR count). The van der Waals surface area contributed by atoms with Crippen molar-refractivity contribution >= 4 is 17.5 Å². The molecular weight excluding hydrogens is 268 g/mol. The number of ether oxygens (including phenoxy) is 1. The lowest BCUT2D eigenvalue weighted by Gasteiger charge is -2.09. The number of amides is 1. The van der Waals surface area contributed by atoms with Crippen LogP contribution in [0.15, 0.2) is 36.7 Å². The lowest BCUT2D eigenvalue weighted by atomic mass is 10.3. The third kappa shape index (κ3) is 3.92. The van der Waals surface area contributed by atoms with Crippen LogP contribution in [0.5, 0.6) is 5.75 Å². The lowest BCUT2D eigenvalue weighted by Crippen LogP contribution is -2.24. The number of benzene rings is 1. The molecule has 0 atom stereocenters. The van der Waals surface area contributed by atoms with Gasteiger partial charge in [0.2, 0.25) is 5.95 Å². The molecule has 2 N–H and O–H groups in total. The van der Waals surface area contributed by atoms with E-state index in [1.807, 2.05) is 31.2 Å². The molecule has 110 valence electrons. The molecule has 0 saturated carbocycles. The molecule has 0 aliphatic carbocycles. The smallest absolute Gasteiger partial charge is 0.254 e. The summed E-state index contributed by atoms with van der Waals surface area (Å²) in [5, 5.41) is 5.83. The first-order valence-electron chi connectivity index (χ1n) is 6.75. The van der Waals surface area contributed by atoms with Crippen LogP contribution in [0.3, 0.4) is 0 Å². The summed E-state index contributed by atoms with van der Waals surface area (Å²) in [6.07, 6.45) is 3.88. The summed E-state index contributed by atoms with van der Waals surface area (Å²) in [6.45, 7) is 2.64. The summed E-state index contributed by atoms with van der Waals surface area (Å²) in [4.78, 5) is 20.0. The molecule has 1 heterocycles. The van der Waals surface area contributed by atoms with Crippen LogP contribution in [0.2, 0.25) is 0 Å². The van der Waals surface area contributed by atoms with E-state index < -0.39 is 0 Å². The number of rotatable bonds is 6. The van der Waals surface area contributed by atoms with Crippen molar-refractivity contribution in [2.24, 2.45) is 0 Å². The minimum atomic E-state index is -0.166. The molecule has 0 aliphatic rings. The zero-order valence-electron chi connectivity index (χ0n) is 12.1. The standard InChI is InChI=1S/C15H18N4O2/c1-3-8-16-14(20)11-9-17-15(18-10-11)19-12-6-4-5-7-13(12)21-2/h4-7,9-10H,3,8H2,1-2H3,(H,16,20)(H,17,18,19). The van der Waals surface area contributed by atoms with Crippen LogP contribution >= 0.6 is 0 Å². The first-order valence-corrected chi connectivity index (χ1v) is 6.75. The highest BCUT2D eigenvalue weighted by Crippen LogP contribution is 2.25. The molecule has 21 heavy (non-hydrogen) atoms. The van der Waals surface area contributed by atoms with Crippen molar-refractivity contribution in [3.05, 3.63) is 42.2 Å². The Morgan fingerprint density at radius 1 is 1.24 bits per heavy atom. The largest absolute Gasteiger partial charge is 0.495 e. The molecule has 1 amide bonds. The van der Waals surface area contributed by atoms with Gasteiger partial charge in [0, 0.05) is 18.9 Å². The zero-order valence-corrected chi connectivity index (χ0v) is 12.1. The van der Waals surface area contributed by atoms with Crippen molar-refractivity contribution in [3.8, 4) is 5.75 Å². The van der Waals surface area contributed by atoms with E-state index in [4.69, 9.17) is 4.74 Å². The maximum Gasteiger partial charge on any atom is 0.254 e. The quantitative estimate of drug-likeness (QED) is 0.852. The fourth-order valence-electron chi connectivity index (χ4n) is 1.72. The van der Waals surface area contributed by atoms with Gasteiger partial charge in [-0.1, -0.05) is 19.1 Å². The molecule has 0 aliphatic heterocycles. The Bertz CT molecular complexity index is 599. The van der Waals surface area contributed by atoms with E-state index in [1.54, 1.807) is 7.11 Å². The minimum Gasteiger partial charge on any atom is -0.495 e. The first kappa shape index (κ1) is 14.8. The van der Waals surface area contributed by atoms with E-state index in [0.29, 0.717) is 23.8 Å². The van der Waals surface area contributed by atoms with Gasteiger partial charge in [0.15, 0.2) is 0 Å². The second kappa shape index (κ2) is 7.23. The molecule has 0 spiro atoms. The Morgan fingerprint density at radius 3 is 2.62 bits per heavy atom. The summed E-state index contributed by atoms with van der Waals surface area (Å²) < 4.78 is 5.24. The van der Waals surface area contributed by atoms with Gasteiger partial charge in [-0.15, -0.1) is 0 Å². The fourth-order valence-corrected chi connectivity index (χ4v) is 1.72. The van der Waals surface area contributed by atoms with Crippen molar-refractivity contribution < 1.29 is 9.53 Å². The van der Waals surface area contributed by atoms with Gasteiger partial charge < -0.3 is 15.4 Å². The van der Waals surface area contributed by atoms with Crippen LogP contribution in [0.1, 0.15) is 23.7 Å². The van der Waals surface area contributed by atoms with Crippen molar-refractivity contribution in [2.45, 2.75) is 13.3 Å². The molecule has 0 unspecified atom stereocenters. The van der Waals surface area contributed by atoms with E-state index in [1.165, 1.54) is 12.4 Å². The van der Waals surface area contributed by atoms with Crippen LogP contribution in [0, 0.1) is 0 Å². The van der Waals surface area contributed by atoms with Crippen LogP contribution in [0.25, 0.3) is 0 Å². The fraction of sp³-hybridized carbons (Fsp3) is 0.267. The maximum atomic E-state index is 11.7. The van der Waals surface area contributed by atoms with Crippen LogP contribution < -0.4 is 15.4 Å². The Morgan fingerprint density at radius 2 is 1.95 bits per heavy atom. The van der Waals surface area contributed by atoms with Crippen molar-refractivity contribution in [1.82, 2.24) is 15.3 Å². The first-order chi connectivity index (χ1) is 10.2. The average molecular weight is 286 g/mol. The topological polar surface area (TPSA) is 76.1 Å². The number of nitrogens with one attached hydrogen (secondary N) is 2. The second-order valence-electron chi connectivity index (χ2n) is 4.38. The number of hydrogen-bond donors (Lipinski definition) is 2. The van der Waals surface area contributed by atoms with Crippen LogP contribution in [-0.4, -0.2) is 29.5 Å². The van der Waals surface area contributed by atoms with Gasteiger partial charge >= 0.3 is 0 Å². The van der Waals surface area contributed by atoms with E-state index >= 15 is 0 Å². The highest BCUT2D eigenvalue weighted by Gasteiger charge is 2.07. The van der Waals surface area contributed by atoms with E-state index in [9.17, 15) is 4.79 Å². The van der Waals surface area contributed by atoms with Gasteiger partial charge in [0.25, 0.3) is 5.91 Å². The summed E-state index contributed by atoms with van der Waals surface area (Å²) >= 11 is 0. The molecule has 1 aromatic carbocycles. The van der Waals surface area contributed by atoms with Gasteiger partial charge in [-0.05, 0) is 18.6 Å². The second-order valence-corrected chi connectivity index (χ2v) is 4.38. The lowest BCUT2D eigenvalue weighted by molar-refractivity contribution is 0.0953. The summed E-state index contributed by atoms with van der Waals surface area (Å²) in [6, 6.07) is 7.47. The number of carbonyl (C=O) groups is 1. The van der Waals surface area contributed by atoms with Crippen LogP contribution in [0.4, 0.5) is 11.6 Å². The van der Waals surface area contributed by atoms with E-state index in [-0.39, 0.29) is 5.91 Å². The van der Waals surface area contributed by atoms with Gasteiger partial charge in [0.1, 0.15) is 5.75 Å². The average Bonchev–Trinajstić information content (AvgIpc) is 2.54. The Kier molecular flexibility index (Phi) is 5.09. The van der Waals surface area contributed by atoms with Crippen molar-refractivity contribution in [1.29, 1.82) is 0 Å². The summed E-state index contributed by atoms with van der Waals surface area (Å²) in [5.74, 6) is 0.943. The highest BCUT2D eigenvalue weighted by atomic mass is 16.5. The van der Waals surface area contributed by atoms with E-state index in [2.05, 4.69) is 20.6 Å². The van der Waals surface area contributed by atoms with Crippen LogP contribution in [-0.2, 0) is 0 Å². The minimum absolute atomic E-state index is 0.166. The molecule has 0 bridgehead atoms. The number of para-hydroxylation sites is 2. The summed E-state index contributed by atoms with van der Waals surface area (Å²) in [7, 11) is 1.60. The number of nitrogens with zero attached hydrogens (tertiary/aromatic N) is 2. The molecule has 1 aromatic heterocycles. The number of aromatic nitrogens is 2. The number of anilines is 2. The molecule has 6 nitrogen and oxygen atoms in total. The van der Waals surface area contributed by atoms with Crippen molar-refractivity contribution in [2.75, 3.05) is 19.0 Å². The number of hydrogen-bond acceptors (Lipinski definition) is 5. The zero-order chi connectivity index (χ0) is 15.1. The third-order valence-corrected chi connectivity index (χ3v) is 2.80. The van der Waals surface area contributed by atoms with E-state index in [0.717, 1.165) is 12.1 Å². The van der Waals surface area contributed by atoms with Gasteiger partial charge in [0.05, 0.1) is 18.4 Å². The maximum absolute atomic E-state index is 11.7.